The lowest BCUT2D eigenvalue weighted by atomic mass is 9.92. The quantitative estimate of drug-likeness (QED) is 0.411. The first kappa shape index (κ1) is 25.6. The number of hydrogen-bond donors (Lipinski definition) is 2. The van der Waals surface area contributed by atoms with Crippen LogP contribution in [0.2, 0.25) is 0 Å². The number of rotatable bonds is 10. The van der Waals surface area contributed by atoms with Crippen molar-refractivity contribution in [3.05, 3.63) is 42.2 Å². The highest BCUT2D eigenvalue weighted by Gasteiger charge is 2.38. The summed E-state index contributed by atoms with van der Waals surface area (Å²) in [6, 6.07) is 7.44. The summed E-state index contributed by atoms with van der Waals surface area (Å²) in [6.07, 6.45) is 2.73. The number of amides is 2. The van der Waals surface area contributed by atoms with E-state index in [1.54, 1.807) is 7.11 Å². The molecular formula is C25H35N7O4. The molecule has 1 aliphatic heterocycles. The normalized spacial score (nSPS) is 18.2. The molecule has 0 bridgehead atoms. The number of methoxy groups -OCH3 is 1. The number of carbonyl (C=O) groups is 2. The molecular weight excluding hydrogens is 462 g/mol. The van der Waals surface area contributed by atoms with Crippen molar-refractivity contribution in [3.8, 4) is 0 Å². The maximum absolute atomic E-state index is 14.1. The maximum atomic E-state index is 14.1. The summed E-state index contributed by atoms with van der Waals surface area (Å²) in [4.78, 5) is 38.3. The molecule has 4 rings (SSSR count). The predicted molar refractivity (Wildman–Crippen MR) is 134 cm³/mol. The second kappa shape index (κ2) is 11.5. The molecule has 3 heterocycles. The van der Waals surface area contributed by atoms with Crippen LogP contribution in [0.3, 0.4) is 0 Å². The number of aryl methyl sites for hydroxylation is 1. The number of unbranched alkanes of at least 4 members (excludes halogenated alkanes) is 1. The Morgan fingerprint density at radius 2 is 2.06 bits per heavy atom. The Kier molecular flexibility index (Phi) is 8.19. The molecule has 11 heteroatoms. The summed E-state index contributed by atoms with van der Waals surface area (Å²) in [5.41, 5.74) is 1.69. The van der Waals surface area contributed by atoms with Gasteiger partial charge >= 0.3 is 6.09 Å². The standard InChI is InChI=1S/C25H35N7O4/c1-17(2)13-32(19-12-18(22-26-16-27-29-22)14-30(15-19)25(34)35)24(33)23-28-20-8-4-5-9-21(20)31(23)10-6-7-11-36-3/h4-5,8-9,16-19H,6-7,10-15H2,1-3H3,(H,34,35)(H,26,27,29)/t18-,19+/m1/s1. The van der Waals surface area contributed by atoms with E-state index in [1.165, 1.54) is 11.2 Å². The molecule has 0 radical (unpaired) electrons. The van der Waals surface area contributed by atoms with Crippen LogP contribution in [0, 0.1) is 5.92 Å². The van der Waals surface area contributed by atoms with Crippen LogP contribution in [0.4, 0.5) is 4.79 Å². The van der Waals surface area contributed by atoms with Crippen molar-refractivity contribution in [2.45, 2.75) is 51.6 Å². The molecule has 11 nitrogen and oxygen atoms in total. The van der Waals surface area contributed by atoms with Gasteiger partial charge in [0.1, 0.15) is 12.2 Å². The van der Waals surface area contributed by atoms with Gasteiger partial charge in [-0.15, -0.1) is 0 Å². The number of likely N-dealkylation sites (tertiary alicyclic amines) is 1. The lowest BCUT2D eigenvalue weighted by molar-refractivity contribution is 0.0453. The van der Waals surface area contributed by atoms with Crippen LogP contribution in [0.5, 0.6) is 0 Å². The van der Waals surface area contributed by atoms with Gasteiger partial charge in [-0.1, -0.05) is 26.0 Å². The van der Waals surface area contributed by atoms with Crippen molar-refractivity contribution < 1.29 is 19.4 Å². The van der Waals surface area contributed by atoms with Gasteiger partial charge in [0.25, 0.3) is 5.91 Å². The van der Waals surface area contributed by atoms with Gasteiger partial charge in [-0.05, 0) is 37.3 Å². The van der Waals surface area contributed by atoms with E-state index in [1.807, 2.05) is 33.7 Å². The Hall–Kier alpha value is -3.47. The summed E-state index contributed by atoms with van der Waals surface area (Å²) >= 11 is 0. The van der Waals surface area contributed by atoms with Gasteiger partial charge in [0.05, 0.1) is 17.1 Å². The number of carbonyl (C=O) groups excluding carboxylic acids is 1. The van der Waals surface area contributed by atoms with Gasteiger partial charge in [-0.25, -0.2) is 14.8 Å². The first-order chi connectivity index (χ1) is 17.4. The molecule has 2 atom stereocenters. The number of piperidine rings is 1. The highest BCUT2D eigenvalue weighted by Crippen LogP contribution is 2.29. The summed E-state index contributed by atoms with van der Waals surface area (Å²) in [5.74, 6) is 0.849. The molecule has 0 aliphatic carbocycles. The van der Waals surface area contributed by atoms with Crippen LogP contribution in [0.25, 0.3) is 11.0 Å². The van der Waals surface area contributed by atoms with Gasteiger partial charge < -0.3 is 24.2 Å². The summed E-state index contributed by atoms with van der Waals surface area (Å²) in [5, 5.41) is 16.6. The van der Waals surface area contributed by atoms with Crippen LogP contribution >= 0.6 is 0 Å². The lowest BCUT2D eigenvalue weighted by Gasteiger charge is -2.41. The molecule has 1 fully saturated rings. The molecule has 0 unspecified atom stereocenters. The van der Waals surface area contributed by atoms with Crippen LogP contribution in [0.15, 0.2) is 30.6 Å². The third kappa shape index (κ3) is 5.67. The number of hydrogen-bond acceptors (Lipinski definition) is 6. The van der Waals surface area contributed by atoms with E-state index in [4.69, 9.17) is 9.72 Å². The topological polar surface area (TPSA) is 129 Å². The Bertz CT molecular complexity index is 1160. The van der Waals surface area contributed by atoms with E-state index in [-0.39, 0.29) is 30.3 Å². The van der Waals surface area contributed by atoms with Crippen molar-refractivity contribution in [2.24, 2.45) is 5.92 Å². The number of H-pyrrole nitrogens is 1. The summed E-state index contributed by atoms with van der Waals surface area (Å²) in [7, 11) is 1.68. The maximum Gasteiger partial charge on any atom is 0.407 e. The van der Waals surface area contributed by atoms with E-state index in [9.17, 15) is 14.7 Å². The number of benzene rings is 1. The second-order valence-corrected chi connectivity index (χ2v) is 9.77. The van der Waals surface area contributed by atoms with Gasteiger partial charge in [0, 0.05) is 45.8 Å². The average molecular weight is 498 g/mol. The largest absolute Gasteiger partial charge is 0.465 e. The number of para-hydroxylation sites is 2. The minimum absolute atomic E-state index is 0.180. The zero-order valence-corrected chi connectivity index (χ0v) is 21.1. The Labute approximate surface area is 210 Å². The average Bonchev–Trinajstić information content (AvgIpc) is 3.53. The summed E-state index contributed by atoms with van der Waals surface area (Å²) in [6.45, 7) is 6.46. The number of imidazole rings is 1. The van der Waals surface area contributed by atoms with Crippen LogP contribution in [-0.2, 0) is 11.3 Å². The zero-order chi connectivity index (χ0) is 25.7. The summed E-state index contributed by atoms with van der Waals surface area (Å²) < 4.78 is 7.19. The molecule has 1 saturated heterocycles. The minimum atomic E-state index is -1.01. The molecule has 2 aromatic heterocycles. The number of fused-ring (bicyclic) bond motifs is 1. The first-order valence-corrected chi connectivity index (χ1v) is 12.5. The number of aromatic nitrogens is 5. The third-order valence-corrected chi connectivity index (χ3v) is 6.61. The van der Waals surface area contributed by atoms with Gasteiger partial charge in [-0.2, -0.15) is 5.10 Å². The number of ether oxygens (including phenoxy) is 1. The van der Waals surface area contributed by atoms with E-state index >= 15 is 0 Å². The fraction of sp³-hybridized carbons (Fsp3) is 0.560. The molecule has 1 aliphatic rings. The molecule has 36 heavy (non-hydrogen) atoms. The minimum Gasteiger partial charge on any atom is -0.465 e. The molecule has 194 valence electrons. The Balaban J connectivity index is 1.68. The van der Waals surface area contributed by atoms with E-state index < -0.39 is 6.09 Å². The van der Waals surface area contributed by atoms with Crippen LogP contribution in [0.1, 0.15) is 55.5 Å². The number of nitrogens with zero attached hydrogens (tertiary/aromatic N) is 6. The van der Waals surface area contributed by atoms with Crippen molar-refractivity contribution in [1.82, 2.24) is 34.5 Å². The van der Waals surface area contributed by atoms with Crippen molar-refractivity contribution >= 4 is 23.0 Å². The van der Waals surface area contributed by atoms with Crippen LogP contribution in [-0.4, -0.2) is 91.0 Å². The number of nitrogens with one attached hydrogen (secondary N) is 1. The Morgan fingerprint density at radius 1 is 1.25 bits per heavy atom. The molecule has 0 saturated carbocycles. The van der Waals surface area contributed by atoms with Crippen molar-refractivity contribution in [3.63, 3.8) is 0 Å². The highest BCUT2D eigenvalue weighted by molar-refractivity contribution is 5.95. The SMILES string of the molecule is COCCCCn1c(C(=O)N(CC(C)C)[C@H]2C[C@@H](c3ncn[nH]3)CN(C(=O)O)C2)nc2ccccc21. The first-order valence-electron chi connectivity index (χ1n) is 12.5. The molecule has 0 spiro atoms. The smallest absolute Gasteiger partial charge is 0.407 e. The van der Waals surface area contributed by atoms with Crippen molar-refractivity contribution in [1.29, 1.82) is 0 Å². The van der Waals surface area contributed by atoms with Gasteiger partial charge in [0.15, 0.2) is 5.82 Å². The van der Waals surface area contributed by atoms with Gasteiger partial charge in [0.2, 0.25) is 0 Å². The third-order valence-electron chi connectivity index (χ3n) is 6.61. The van der Waals surface area contributed by atoms with E-state index in [2.05, 4.69) is 29.0 Å². The second-order valence-electron chi connectivity index (χ2n) is 9.77. The van der Waals surface area contributed by atoms with Crippen LogP contribution < -0.4 is 0 Å². The highest BCUT2D eigenvalue weighted by atomic mass is 16.5. The number of aromatic amines is 1. The van der Waals surface area contributed by atoms with E-state index in [0.29, 0.717) is 44.3 Å². The molecule has 2 N–H and O–H groups in total. The fourth-order valence-electron chi connectivity index (χ4n) is 4.97. The zero-order valence-electron chi connectivity index (χ0n) is 21.1. The molecule has 1 aromatic carbocycles. The van der Waals surface area contributed by atoms with E-state index in [0.717, 1.165) is 23.9 Å². The molecule has 2 amide bonds. The fourth-order valence-corrected chi connectivity index (χ4v) is 4.97. The molecule has 3 aromatic rings. The van der Waals surface area contributed by atoms with Crippen molar-refractivity contribution in [2.75, 3.05) is 33.4 Å². The monoisotopic (exact) mass is 497 g/mol. The lowest BCUT2D eigenvalue weighted by Crippen LogP contribution is -2.54. The predicted octanol–water partition coefficient (Wildman–Crippen LogP) is 3.22. The van der Waals surface area contributed by atoms with Gasteiger partial charge in [-0.3, -0.25) is 9.89 Å². The number of carboxylic acid groups (broad SMARTS) is 1. The Morgan fingerprint density at radius 3 is 2.75 bits per heavy atom.